The Labute approximate surface area is 108 Å². The van der Waals surface area contributed by atoms with Crippen molar-refractivity contribution in [3.63, 3.8) is 0 Å². The summed E-state index contributed by atoms with van der Waals surface area (Å²) in [6, 6.07) is 5.82. The maximum absolute atomic E-state index is 9.24. The molecule has 2 N–H and O–H groups in total. The Morgan fingerprint density at radius 3 is 2.61 bits per heavy atom. The van der Waals surface area contributed by atoms with Crippen LogP contribution in [0.25, 0.3) is 0 Å². The van der Waals surface area contributed by atoms with Crippen LogP contribution in [-0.2, 0) is 6.54 Å². The lowest BCUT2D eigenvalue weighted by molar-refractivity contribution is 0.207. The highest BCUT2D eigenvalue weighted by molar-refractivity contribution is 5.40. The predicted molar refractivity (Wildman–Crippen MR) is 70.0 cm³/mol. The lowest BCUT2D eigenvalue weighted by atomic mass is 10.1. The number of aliphatic hydroxyl groups is 1. The monoisotopic (exact) mass is 251 g/mol. The molecule has 4 nitrogen and oxygen atoms in total. The first-order valence-electron chi connectivity index (χ1n) is 6.25. The molecule has 0 heterocycles. The molecule has 1 aromatic rings. The first-order chi connectivity index (χ1) is 8.73. The van der Waals surface area contributed by atoms with Gasteiger partial charge in [0, 0.05) is 36.7 Å². The molecule has 18 heavy (non-hydrogen) atoms. The summed E-state index contributed by atoms with van der Waals surface area (Å²) in [6.45, 7) is 1.88. The molecule has 0 bridgehead atoms. The summed E-state index contributed by atoms with van der Waals surface area (Å²) in [5.74, 6) is 1.63. The van der Waals surface area contributed by atoms with E-state index in [4.69, 9.17) is 9.47 Å². The number of hydrogen-bond donors (Lipinski definition) is 2. The van der Waals surface area contributed by atoms with Gasteiger partial charge in [-0.15, -0.1) is 0 Å². The van der Waals surface area contributed by atoms with E-state index in [0.29, 0.717) is 0 Å². The summed E-state index contributed by atoms with van der Waals surface area (Å²) in [5, 5.41) is 12.6. The van der Waals surface area contributed by atoms with Gasteiger partial charge in [-0.2, -0.15) is 0 Å². The summed E-state index contributed by atoms with van der Waals surface area (Å²) >= 11 is 0. The van der Waals surface area contributed by atoms with Crippen LogP contribution < -0.4 is 14.8 Å². The minimum atomic E-state index is 0.139. The number of methoxy groups -OCH3 is 2. The zero-order valence-electron chi connectivity index (χ0n) is 11.0. The fraction of sp³-hybridized carbons (Fsp3) is 0.571. The van der Waals surface area contributed by atoms with E-state index in [1.54, 1.807) is 14.2 Å². The van der Waals surface area contributed by atoms with Crippen LogP contribution in [0.2, 0.25) is 0 Å². The zero-order chi connectivity index (χ0) is 13.0. The Bertz CT molecular complexity index is 402. The lowest BCUT2D eigenvalue weighted by Gasteiger charge is -2.14. The minimum Gasteiger partial charge on any atom is -0.497 e. The van der Waals surface area contributed by atoms with Gasteiger partial charge in [0.1, 0.15) is 11.5 Å². The summed E-state index contributed by atoms with van der Waals surface area (Å²) in [6.07, 6.45) is 2.24. The number of ether oxygens (including phenoxy) is 2. The van der Waals surface area contributed by atoms with Crippen LogP contribution in [0, 0.1) is 5.41 Å². The van der Waals surface area contributed by atoms with Crippen LogP contribution in [0.4, 0.5) is 0 Å². The molecule has 0 aliphatic heterocycles. The molecule has 100 valence electrons. The Morgan fingerprint density at radius 2 is 2.06 bits per heavy atom. The van der Waals surface area contributed by atoms with Crippen LogP contribution in [0.1, 0.15) is 18.4 Å². The molecule has 4 heteroatoms. The van der Waals surface area contributed by atoms with Crippen LogP contribution in [-0.4, -0.2) is 32.5 Å². The second-order valence-corrected chi connectivity index (χ2v) is 4.94. The maximum atomic E-state index is 9.24. The van der Waals surface area contributed by atoms with E-state index in [1.165, 1.54) is 0 Å². The molecule has 1 aliphatic carbocycles. The molecule has 1 fully saturated rings. The fourth-order valence-corrected chi connectivity index (χ4v) is 2.03. The molecule has 0 aromatic heterocycles. The van der Waals surface area contributed by atoms with Crippen LogP contribution >= 0.6 is 0 Å². The number of benzene rings is 1. The first kappa shape index (κ1) is 13.2. The van der Waals surface area contributed by atoms with Crippen molar-refractivity contribution < 1.29 is 14.6 Å². The minimum absolute atomic E-state index is 0.139. The molecule has 1 aliphatic rings. The van der Waals surface area contributed by atoms with Gasteiger partial charge in [-0.1, -0.05) is 6.07 Å². The van der Waals surface area contributed by atoms with Gasteiger partial charge in [-0.25, -0.2) is 0 Å². The molecule has 1 aromatic carbocycles. The van der Waals surface area contributed by atoms with E-state index in [-0.39, 0.29) is 12.0 Å². The van der Waals surface area contributed by atoms with Gasteiger partial charge >= 0.3 is 0 Å². The van der Waals surface area contributed by atoms with Crippen LogP contribution in [0.3, 0.4) is 0 Å². The SMILES string of the molecule is COc1ccc(CNCC2(CO)CC2)c(OC)c1. The van der Waals surface area contributed by atoms with Crippen molar-refractivity contribution in [2.24, 2.45) is 5.41 Å². The molecule has 1 saturated carbocycles. The van der Waals surface area contributed by atoms with Crippen molar-refractivity contribution in [2.45, 2.75) is 19.4 Å². The third-order valence-corrected chi connectivity index (χ3v) is 3.60. The summed E-state index contributed by atoms with van der Waals surface area (Å²) in [5.41, 5.74) is 1.24. The van der Waals surface area contributed by atoms with Gasteiger partial charge in [-0.05, 0) is 18.9 Å². The molecule has 2 rings (SSSR count). The second kappa shape index (κ2) is 5.59. The van der Waals surface area contributed by atoms with Crippen molar-refractivity contribution in [3.05, 3.63) is 23.8 Å². The topological polar surface area (TPSA) is 50.7 Å². The van der Waals surface area contributed by atoms with Crippen LogP contribution in [0.15, 0.2) is 18.2 Å². The quantitative estimate of drug-likeness (QED) is 0.772. The van der Waals surface area contributed by atoms with Crippen LogP contribution in [0.5, 0.6) is 11.5 Å². The molecule has 0 atom stereocenters. The number of rotatable bonds is 7. The number of hydrogen-bond acceptors (Lipinski definition) is 4. The van der Waals surface area contributed by atoms with Gasteiger partial charge in [0.05, 0.1) is 14.2 Å². The molecule has 0 radical (unpaired) electrons. The summed E-state index contributed by atoms with van der Waals surface area (Å²) < 4.78 is 10.5. The van der Waals surface area contributed by atoms with E-state index < -0.39 is 0 Å². The zero-order valence-corrected chi connectivity index (χ0v) is 11.0. The fourth-order valence-electron chi connectivity index (χ4n) is 2.03. The highest BCUT2D eigenvalue weighted by atomic mass is 16.5. The Balaban J connectivity index is 1.92. The smallest absolute Gasteiger partial charge is 0.127 e. The highest BCUT2D eigenvalue weighted by Crippen LogP contribution is 2.44. The van der Waals surface area contributed by atoms with E-state index in [2.05, 4.69) is 5.32 Å². The van der Waals surface area contributed by atoms with Gasteiger partial charge in [0.25, 0.3) is 0 Å². The van der Waals surface area contributed by atoms with E-state index in [0.717, 1.165) is 43.0 Å². The highest BCUT2D eigenvalue weighted by Gasteiger charge is 2.41. The number of nitrogens with one attached hydrogen (secondary N) is 1. The first-order valence-corrected chi connectivity index (χ1v) is 6.25. The third kappa shape index (κ3) is 2.94. The second-order valence-electron chi connectivity index (χ2n) is 4.94. The standard InChI is InChI=1S/C14H21NO3/c1-17-12-4-3-11(13(7-12)18-2)8-15-9-14(10-16)5-6-14/h3-4,7,15-16H,5-6,8-10H2,1-2H3. The third-order valence-electron chi connectivity index (χ3n) is 3.60. The summed E-state index contributed by atoms with van der Waals surface area (Å²) in [7, 11) is 3.30. The molecule has 0 saturated heterocycles. The number of aliphatic hydroxyl groups excluding tert-OH is 1. The Morgan fingerprint density at radius 1 is 1.28 bits per heavy atom. The average Bonchev–Trinajstić information content (AvgIpc) is 3.19. The van der Waals surface area contributed by atoms with E-state index in [1.807, 2.05) is 18.2 Å². The van der Waals surface area contributed by atoms with Gasteiger partial charge in [0.15, 0.2) is 0 Å². The largest absolute Gasteiger partial charge is 0.497 e. The van der Waals surface area contributed by atoms with E-state index >= 15 is 0 Å². The molecular formula is C14H21NO3. The Kier molecular flexibility index (Phi) is 4.09. The van der Waals surface area contributed by atoms with Crippen molar-refractivity contribution >= 4 is 0 Å². The summed E-state index contributed by atoms with van der Waals surface area (Å²) in [4.78, 5) is 0. The molecule has 0 unspecified atom stereocenters. The van der Waals surface area contributed by atoms with Crippen molar-refractivity contribution in [1.29, 1.82) is 0 Å². The van der Waals surface area contributed by atoms with E-state index in [9.17, 15) is 5.11 Å². The molecule has 0 spiro atoms. The predicted octanol–water partition coefficient (Wildman–Crippen LogP) is 1.57. The van der Waals surface area contributed by atoms with Gasteiger partial charge in [0.2, 0.25) is 0 Å². The Hall–Kier alpha value is -1.26. The van der Waals surface area contributed by atoms with Gasteiger partial charge in [-0.3, -0.25) is 0 Å². The lowest BCUT2D eigenvalue weighted by Crippen LogP contribution is -2.26. The normalized spacial score (nSPS) is 16.4. The molecular weight excluding hydrogens is 230 g/mol. The molecule has 0 amide bonds. The van der Waals surface area contributed by atoms with Crippen molar-refractivity contribution in [3.8, 4) is 11.5 Å². The maximum Gasteiger partial charge on any atom is 0.127 e. The van der Waals surface area contributed by atoms with Gasteiger partial charge < -0.3 is 19.9 Å². The average molecular weight is 251 g/mol. The van der Waals surface area contributed by atoms with Crippen molar-refractivity contribution in [1.82, 2.24) is 5.32 Å². The van der Waals surface area contributed by atoms with Crippen molar-refractivity contribution in [2.75, 3.05) is 27.4 Å².